The van der Waals surface area contributed by atoms with Crippen LogP contribution in [0, 0.1) is 29.6 Å². The Hall–Kier alpha value is -2.07. The van der Waals surface area contributed by atoms with Crippen molar-refractivity contribution < 1.29 is 0 Å². The average molecular weight is 160 g/mol. The van der Waals surface area contributed by atoms with Gasteiger partial charge in [0, 0.05) is 0 Å². The fraction of sp³-hybridized carbons (Fsp3) is 0.125. The van der Waals surface area contributed by atoms with Crippen LogP contribution in [0.3, 0.4) is 0 Å². The molecule has 0 aliphatic rings. The summed E-state index contributed by atoms with van der Waals surface area (Å²) in [6.07, 6.45) is 0. The Morgan fingerprint density at radius 3 is 2.25 bits per heavy atom. The third-order valence-electron chi connectivity index (χ3n) is 1.04. The maximum absolute atomic E-state index is 8.39. The van der Waals surface area contributed by atoms with E-state index in [4.69, 9.17) is 10.5 Å². The number of aromatic nitrogens is 2. The van der Waals surface area contributed by atoms with Crippen LogP contribution in [0.5, 0.6) is 0 Å². The van der Waals surface area contributed by atoms with E-state index in [9.17, 15) is 0 Å². The molecule has 1 aromatic heterocycles. The molecule has 0 aliphatic carbocycles. The number of aromatic amines is 1. The van der Waals surface area contributed by atoms with Crippen molar-refractivity contribution in [2.45, 2.75) is 6.92 Å². The van der Waals surface area contributed by atoms with Crippen LogP contribution in [0.1, 0.15) is 17.2 Å². The van der Waals surface area contributed by atoms with Crippen molar-refractivity contribution >= 4 is 0 Å². The summed E-state index contributed by atoms with van der Waals surface area (Å²) in [5.74, 6) is 0.591. The van der Waals surface area contributed by atoms with Crippen molar-refractivity contribution in [2.75, 3.05) is 0 Å². The van der Waals surface area contributed by atoms with Crippen LogP contribution < -0.4 is 0 Å². The summed E-state index contributed by atoms with van der Waals surface area (Å²) >= 11 is 0. The van der Waals surface area contributed by atoms with Crippen molar-refractivity contribution in [3.8, 4) is 12.1 Å². The molecule has 1 heterocycles. The number of hydrogen-bond acceptors (Lipinski definition) is 3. The molecule has 1 N–H and O–H groups in total. The van der Waals surface area contributed by atoms with Crippen molar-refractivity contribution in [1.29, 1.82) is 10.5 Å². The number of nitrogens with one attached hydrogen (secondary N) is 1. The molecule has 1 rings (SSSR count). The van der Waals surface area contributed by atoms with E-state index in [1.54, 1.807) is 13.0 Å². The molecule has 0 aromatic carbocycles. The molecule has 0 unspecified atom stereocenters. The highest BCUT2D eigenvalue weighted by atomic mass is 14.9. The second-order valence-electron chi connectivity index (χ2n) is 1.77. The van der Waals surface area contributed by atoms with E-state index in [2.05, 4.69) is 23.1 Å². The van der Waals surface area contributed by atoms with Gasteiger partial charge >= 0.3 is 0 Å². The lowest BCUT2D eigenvalue weighted by molar-refractivity contribution is 1.14. The molecule has 12 heavy (non-hydrogen) atoms. The molecule has 0 fully saturated rings. The Balaban J connectivity index is 0.000000561. The Morgan fingerprint density at radius 1 is 1.33 bits per heavy atom. The average Bonchev–Trinajstić information content (AvgIpc) is 2.49. The van der Waals surface area contributed by atoms with Gasteiger partial charge in [0.25, 0.3) is 0 Å². The number of H-pyrrole nitrogens is 1. The first kappa shape index (κ1) is 9.93. The van der Waals surface area contributed by atoms with Crippen molar-refractivity contribution in [3.05, 3.63) is 30.4 Å². The Labute approximate surface area is 70.8 Å². The van der Waals surface area contributed by atoms with Gasteiger partial charge in [-0.3, -0.25) is 0 Å². The van der Waals surface area contributed by atoms with Crippen LogP contribution in [0.2, 0.25) is 0 Å². The number of nitriles is 2. The lowest BCUT2D eigenvalue weighted by Gasteiger charge is -1.73. The van der Waals surface area contributed by atoms with E-state index >= 15 is 0 Å². The first-order valence-corrected chi connectivity index (χ1v) is 3.14. The number of imidazole rings is 1. The molecule has 0 aliphatic heterocycles. The van der Waals surface area contributed by atoms with Gasteiger partial charge in [-0.05, 0) is 6.92 Å². The zero-order chi connectivity index (χ0) is 9.56. The van der Waals surface area contributed by atoms with E-state index in [0.29, 0.717) is 5.82 Å². The van der Waals surface area contributed by atoms with Gasteiger partial charge in [-0.25, -0.2) is 4.98 Å². The summed E-state index contributed by atoms with van der Waals surface area (Å²) in [4.78, 5) is 6.41. The first-order chi connectivity index (χ1) is 5.77. The molecule has 0 saturated heterocycles. The van der Waals surface area contributed by atoms with Crippen LogP contribution in [-0.2, 0) is 0 Å². The van der Waals surface area contributed by atoms with Gasteiger partial charge in [0.1, 0.15) is 18.0 Å². The predicted molar refractivity (Wildman–Crippen MR) is 44.0 cm³/mol. The minimum atomic E-state index is 0.167. The first-order valence-electron chi connectivity index (χ1n) is 3.14. The van der Waals surface area contributed by atoms with Crippen LogP contribution in [0.15, 0.2) is 13.2 Å². The van der Waals surface area contributed by atoms with Crippen LogP contribution in [0.4, 0.5) is 0 Å². The number of hydrogen-bond donors (Lipinski definition) is 1. The molecule has 4 heteroatoms. The summed E-state index contributed by atoms with van der Waals surface area (Å²) < 4.78 is 0. The SMILES string of the molecule is C=C.Cc1nc(C#N)c(C#N)[nH]1. The van der Waals surface area contributed by atoms with Gasteiger partial charge in [0.05, 0.1) is 0 Å². The van der Waals surface area contributed by atoms with E-state index in [1.807, 2.05) is 6.07 Å². The molecule has 0 bridgehead atoms. The normalized spacial score (nSPS) is 7.25. The van der Waals surface area contributed by atoms with Crippen LogP contribution in [-0.4, -0.2) is 9.97 Å². The van der Waals surface area contributed by atoms with E-state index in [1.165, 1.54) is 0 Å². The summed E-state index contributed by atoms with van der Waals surface area (Å²) in [6.45, 7) is 7.70. The van der Waals surface area contributed by atoms with Gasteiger partial charge in [0.2, 0.25) is 0 Å². The van der Waals surface area contributed by atoms with Crippen LogP contribution >= 0.6 is 0 Å². The van der Waals surface area contributed by atoms with Crippen LogP contribution in [0.25, 0.3) is 0 Å². The zero-order valence-corrected chi connectivity index (χ0v) is 6.76. The Morgan fingerprint density at radius 2 is 1.92 bits per heavy atom. The highest BCUT2D eigenvalue weighted by molar-refractivity contribution is 5.35. The highest BCUT2D eigenvalue weighted by Gasteiger charge is 2.04. The van der Waals surface area contributed by atoms with Gasteiger partial charge in [0.15, 0.2) is 11.4 Å². The Bertz CT molecular complexity index is 305. The largest absolute Gasteiger partial charge is 0.333 e. The van der Waals surface area contributed by atoms with Crippen molar-refractivity contribution in [3.63, 3.8) is 0 Å². The Kier molecular flexibility index (Phi) is 3.89. The lowest BCUT2D eigenvalue weighted by atomic mass is 10.4. The number of aryl methyl sites for hydroxylation is 1. The highest BCUT2D eigenvalue weighted by Crippen LogP contribution is 2.00. The molecule has 4 nitrogen and oxygen atoms in total. The van der Waals surface area contributed by atoms with Gasteiger partial charge in [-0.15, -0.1) is 13.2 Å². The molecular weight excluding hydrogens is 152 g/mol. The molecule has 0 radical (unpaired) electrons. The zero-order valence-electron chi connectivity index (χ0n) is 6.76. The third kappa shape index (κ3) is 1.96. The topological polar surface area (TPSA) is 76.3 Å². The summed E-state index contributed by atoms with van der Waals surface area (Å²) in [5.41, 5.74) is 0.403. The van der Waals surface area contributed by atoms with E-state index in [0.717, 1.165) is 0 Å². The summed E-state index contributed by atoms with van der Waals surface area (Å²) in [5, 5.41) is 16.8. The van der Waals surface area contributed by atoms with Crippen molar-refractivity contribution in [1.82, 2.24) is 9.97 Å². The second-order valence-corrected chi connectivity index (χ2v) is 1.77. The molecule has 0 atom stereocenters. The molecular formula is C8H8N4. The number of rotatable bonds is 0. The third-order valence-corrected chi connectivity index (χ3v) is 1.04. The van der Waals surface area contributed by atoms with E-state index in [-0.39, 0.29) is 11.4 Å². The summed E-state index contributed by atoms with van der Waals surface area (Å²) in [7, 11) is 0. The van der Waals surface area contributed by atoms with Gasteiger partial charge in [-0.1, -0.05) is 0 Å². The second kappa shape index (κ2) is 4.70. The fourth-order valence-corrected chi connectivity index (χ4v) is 0.653. The minimum Gasteiger partial charge on any atom is -0.333 e. The maximum Gasteiger partial charge on any atom is 0.176 e. The summed E-state index contributed by atoms with van der Waals surface area (Å²) in [6, 6.07) is 3.63. The molecule has 0 saturated carbocycles. The van der Waals surface area contributed by atoms with Gasteiger partial charge in [-0.2, -0.15) is 10.5 Å². The maximum atomic E-state index is 8.39. The smallest absolute Gasteiger partial charge is 0.176 e. The monoisotopic (exact) mass is 160 g/mol. The quantitative estimate of drug-likeness (QED) is 0.580. The minimum absolute atomic E-state index is 0.167. The molecule has 60 valence electrons. The van der Waals surface area contributed by atoms with E-state index < -0.39 is 0 Å². The number of nitrogens with zero attached hydrogens (tertiary/aromatic N) is 3. The molecule has 0 amide bonds. The molecule has 1 aromatic rings. The fourth-order valence-electron chi connectivity index (χ4n) is 0.653. The molecule has 0 spiro atoms. The predicted octanol–water partition coefficient (Wildman–Crippen LogP) is 1.26. The lowest BCUT2D eigenvalue weighted by Crippen LogP contribution is -1.77. The van der Waals surface area contributed by atoms with Crippen molar-refractivity contribution in [2.24, 2.45) is 0 Å². The van der Waals surface area contributed by atoms with Gasteiger partial charge < -0.3 is 4.98 Å². The standard InChI is InChI=1S/C6H4N4.C2H4/c1-4-9-5(2-7)6(3-8)10-4;1-2/h1H3,(H,9,10);1-2H2.